The molecular formula is C13H16ClFN4S. The molecule has 7 heteroatoms. The summed E-state index contributed by atoms with van der Waals surface area (Å²) >= 11 is 7.34. The van der Waals surface area contributed by atoms with Gasteiger partial charge in [0.15, 0.2) is 0 Å². The first-order valence-electron chi connectivity index (χ1n) is 6.37. The summed E-state index contributed by atoms with van der Waals surface area (Å²) in [4.78, 5) is 0.939. The summed E-state index contributed by atoms with van der Waals surface area (Å²) in [6, 6.07) is 4.41. The number of benzene rings is 1. The van der Waals surface area contributed by atoms with Gasteiger partial charge in [0, 0.05) is 10.6 Å². The summed E-state index contributed by atoms with van der Waals surface area (Å²) < 4.78 is 17.8. The predicted octanol–water partition coefficient (Wildman–Crippen LogP) is 3.03. The Labute approximate surface area is 126 Å². The van der Waals surface area contributed by atoms with E-state index < -0.39 is 0 Å². The van der Waals surface area contributed by atoms with Gasteiger partial charge >= 0.3 is 0 Å². The Hall–Kier alpha value is -1.08. The van der Waals surface area contributed by atoms with Crippen molar-refractivity contribution >= 4 is 23.1 Å². The second kappa shape index (κ2) is 7.08. The lowest BCUT2D eigenvalue weighted by Gasteiger charge is -2.16. The highest BCUT2D eigenvalue weighted by atomic mass is 35.5. The average molecular weight is 315 g/mol. The van der Waals surface area contributed by atoms with Crippen molar-refractivity contribution in [3.05, 3.63) is 45.2 Å². The van der Waals surface area contributed by atoms with E-state index in [1.165, 1.54) is 17.6 Å². The zero-order chi connectivity index (χ0) is 14.5. The molecule has 1 heterocycles. The van der Waals surface area contributed by atoms with Gasteiger partial charge in [-0.1, -0.05) is 35.5 Å². The maximum Gasteiger partial charge on any atom is 0.127 e. The third-order valence-corrected chi connectivity index (χ3v) is 4.29. The van der Waals surface area contributed by atoms with Crippen LogP contribution in [0.1, 0.15) is 35.5 Å². The van der Waals surface area contributed by atoms with Crippen LogP contribution in [0.15, 0.2) is 18.2 Å². The molecule has 1 atom stereocenters. The SMILES string of the molecule is CCCc1nnsc1C(Cc1c(F)cccc1Cl)NN. The Morgan fingerprint density at radius 1 is 1.50 bits per heavy atom. The summed E-state index contributed by atoms with van der Waals surface area (Å²) in [5.74, 6) is 5.29. The fourth-order valence-electron chi connectivity index (χ4n) is 2.05. The molecule has 0 amide bonds. The lowest BCUT2D eigenvalue weighted by molar-refractivity contribution is 0.531. The van der Waals surface area contributed by atoms with Gasteiger partial charge in [-0.2, -0.15) is 0 Å². The van der Waals surface area contributed by atoms with Crippen molar-refractivity contribution in [2.45, 2.75) is 32.2 Å². The second-order valence-electron chi connectivity index (χ2n) is 4.46. The molecule has 0 aliphatic heterocycles. The Morgan fingerprint density at radius 3 is 2.95 bits per heavy atom. The zero-order valence-corrected chi connectivity index (χ0v) is 12.6. The Balaban J connectivity index is 2.27. The molecule has 0 aliphatic carbocycles. The molecule has 108 valence electrons. The monoisotopic (exact) mass is 314 g/mol. The molecule has 2 rings (SSSR count). The number of aromatic nitrogens is 2. The van der Waals surface area contributed by atoms with E-state index in [0.29, 0.717) is 17.0 Å². The molecule has 0 spiro atoms. The molecule has 1 aromatic heterocycles. The number of rotatable bonds is 6. The highest BCUT2D eigenvalue weighted by Crippen LogP contribution is 2.28. The molecule has 2 aromatic rings. The molecule has 4 nitrogen and oxygen atoms in total. The molecule has 0 radical (unpaired) electrons. The fourth-order valence-corrected chi connectivity index (χ4v) is 3.04. The minimum absolute atomic E-state index is 0.244. The van der Waals surface area contributed by atoms with Crippen LogP contribution in [0, 0.1) is 5.82 Å². The van der Waals surface area contributed by atoms with Gasteiger partial charge < -0.3 is 0 Å². The number of nitrogens with zero attached hydrogens (tertiary/aromatic N) is 2. The van der Waals surface area contributed by atoms with Gasteiger partial charge in [0.25, 0.3) is 0 Å². The van der Waals surface area contributed by atoms with Gasteiger partial charge in [-0.25, -0.2) is 4.39 Å². The number of aryl methyl sites for hydroxylation is 1. The number of hydrogen-bond donors (Lipinski definition) is 2. The largest absolute Gasteiger partial charge is 0.271 e. The van der Waals surface area contributed by atoms with Crippen molar-refractivity contribution in [2.75, 3.05) is 0 Å². The van der Waals surface area contributed by atoms with E-state index in [-0.39, 0.29) is 11.9 Å². The summed E-state index contributed by atoms with van der Waals surface area (Å²) in [5, 5.41) is 4.51. The molecule has 0 aliphatic rings. The quantitative estimate of drug-likeness (QED) is 0.635. The van der Waals surface area contributed by atoms with Gasteiger partial charge in [0.05, 0.1) is 16.6 Å². The summed E-state index contributed by atoms with van der Waals surface area (Å²) in [6.45, 7) is 2.07. The van der Waals surface area contributed by atoms with Crippen LogP contribution in [-0.2, 0) is 12.8 Å². The van der Waals surface area contributed by atoms with Crippen LogP contribution in [0.25, 0.3) is 0 Å². The van der Waals surface area contributed by atoms with E-state index in [4.69, 9.17) is 17.4 Å². The van der Waals surface area contributed by atoms with Gasteiger partial charge in [-0.3, -0.25) is 11.3 Å². The molecule has 0 saturated carbocycles. The third-order valence-electron chi connectivity index (χ3n) is 3.06. The van der Waals surface area contributed by atoms with E-state index in [0.717, 1.165) is 23.4 Å². The van der Waals surface area contributed by atoms with Gasteiger partial charge in [0.1, 0.15) is 5.82 Å². The van der Waals surface area contributed by atoms with Crippen molar-refractivity contribution in [1.82, 2.24) is 15.0 Å². The maximum atomic E-state index is 13.9. The van der Waals surface area contributed by atoms with E-state index in [1.54, 1.807) is 12.1 Å². The minimum atomic E-state index is -0.327. The summed E-state index contributed by atoms with van der Waals surface area (Å²) in [5.41, 5.74) is 4.07. The topological polar surface area (TPSA) is 63.8 Å². The number of nitrogens with one attached hydrogen (secondary N) is 1. The summed E-state index contributed by atoms with van der Waals surface area (Å²) in [6.07, 6.45) is 2.16. The first kappa shape index (κ1) is 15.3. The first-order valence-corrected chi connectivity index (χ1v) is 7.52. The highest BCUT2D eigenvalue weighted by molar-refractivity contribution is 7.05. The van der Waals surface area contributed by atoms with Crippen molar-refractivity contribution < 1.29 is 4.39 Å². The van der Waals surface area contributed by atoms with Crippen molar-refractivity contribution in [2.24, 2.45) is 5.84 Å². The Bertz CT molecular complexity index is 555. The Kier molecular flexibility index (Phi) is 5.42. The molecule has 1 aromatic carbocycles. The maximum absolute atomic E-state index is 13.9. The standard InChI is InChI=1S/C13H16ClFN4S/c1-2-4-11-13(20-19-18-11)12(17-16)7-8-9(14)5-3-6-10(8)15/h3,5-6,12,17H,2,4,7,16H2,1H3. The minimum Gasteiger partial charge on any atom is -0.271 e. The molecule has 1 unspecified atom stereocenters. The van der Waals surface area contributed by atoms with Gasteiger partial charge in [-0.05, 0) is 36.5 Å². The van der Waals surface area contributed by atoms with Crippen molar-refractivity contribution in [3.63, 3.8) is 0 Å². The van der Waals surface area contributed by atoms with Crippen LogP contribution in [0.5, 0.6) is 0 Å². The molecule has 3 N–H and O–H groups in total. The van der Waals surface area contributed by atoms with E-state index in [9.17, 15) is 4.39 Å². The fraction of sp³-hybridized carbons (Fsp3) is 0.385. The van der Waals surface area contributed by atoms with Crippen LogP contribution in [0.4, 0.5) is 4.39 Å². The van der Waals surface area contributed by atoms with Crippen molar-refractivity contribution in [1.29, 1.82) is 0 Å². The zero-order valence-electron chi connectivity index (χ0n) is 11.1. The lowest BCUT2D eigenvalue weighted by Crippen LogP contribution is -2.30. The van der Waals surface area contributed by atoms with Crippen LogP contribution < -0.4 is 11.3 Å². The van der Waals surface area contributed by atoms with E-state index in [2.05, 4.69) is 21.9 Å². The molecular weight excluding hydrogens is 299 g/mol. The van der Waals surface area contributed by atoms with Crippen LogP contribution >= 0.6 is 23.1 Å². The predicted molar refractivity (Wildman–Crippen MR) is 79.1 cm³/mol. The van der Waals surface area contributed by atoms with E-state index in [1.807, 2.05) is 0 Å². The normalized spacial score (nSPS) is 12.6. The third kappa shape index (κ3) is 3.32. The number of hydrazine groups is 1. The van der Waals surface area contributed by atoms with Gasteiger partial charge in [-0.15, -0.1) is 5.10 Å². The van der Waals surface area contributed by atoms with Crippen LogP contribution in [-0.4, -0.2) is 9.59 Å². The summed E-state index contributed by atoms with van der Waals surface area (Å²) in [7, 11) is 0. The first-order chi connectivity index (χ1) is 9.67. The smallest absolute Gasteiger partial charge is 0.127 e. The molecule has 0 bridgehead atoms. The van der Waals surface area contributed by atoms with Gasteiger partial charge in [0.2, 0.25) is 0 Å². The molecule has 20 heavy (non-hydrogen) atoms. The number of hydrogen-bond acceptors (Lipinski definition) is 5. The Morgan fingerprint density at radius 2 is 2.30 bits per heavy atom. The lowest BCUT2D eigenvalue weighted by atomic mass is 10.0. The van der Waals surface area contributed by atoms with Crippen LogP contribution in [0.3, 0.4) is 0 Å². The van der Waals surface area contributed by atoms with Crippen molar-refractivity contribution in [3.8, 4) is 0 Å². The average Bonchev–Trinajstić information content (AvgIpc) is 2.87. The highest BCUT2D eigenvalue weighted by Gasteiger charge is 2.21. The number of halogens is 2. The molecule has 0 saturated heterocycles. The van der Waals surface area contributed by atoms with Crippen LogP contribution in [0.2, 0.25) is 5.02 Å². The molecule has 0 fully saturated rings. The number of nitrogens with two attached hydrogens (primary N) is 1. The van der Waals surface area contributed by atoms with E-state index >= 15 is 0 Å². The second-order valence-corrected chi connectivity index (χ2v) is 5.65.